The molecule has 24 heavy (non-hydrogen) atoms. The molecular formula is C19H28FN3O. The van der Waals surface area contributed by atoms with E-state index >= 15 is 0 Å². The molecule has 0 saturated carbocycles. The molecule has 4 nitrogen and oxygen atoms in total. The second-order valence-corrected chi connectivity index (χ2v) is 7.85. The van der Waals surface area contributed by atoms with Crippen LogP contribution in [0.5, 0.6) is 0 Å². The van der Waals surface area contributed by atoms with Crippen LogP contribution in [0.4, 0.5) is 4.39 Å². The van der Waals surface area contributed by atoms with Crippen LogP contribution in [0.1, 0.15) is 45.4 Å². The smallest absolute Gasteiger partial charge is 0.223 e. The summed E-state index contributed by atoms with van der Waals surface area (Å²) in [5.74, 6) is 0.0928. The fourth-order valence-corrected chi connectivity index (χ4v) is 5.13. The van der Waals surface area contributed by atoms with Crippen molar-refractivity contribution in [3.8, 4) is 0 Å². The Labute approximate surface area is 143 Å². The third-order valence-corrected chi connectivity index (χ3v) is 6.53. The van der Waals surface area contributed by atoms with Crippen molar-refractivity contribution in [2.75, 3.05) is 32.7 Å². The summed E-state index contributed by atoms with van der Waals surface area (Å²) < 4.78 is 14.0. The lowest BCUT2D eigenvalue weighted by Crippen LogP contribution is -2.50. The Kier molecular flexibility index (Phi) is 4.25. The van der Waals surface area contributed by atoms with Crippen LogP contribution < -0.4 is 5.32 Å². The Morgan fingerprint density at radius 1 is 1.25 bits per heavy atom. The maximum absolute atomic E-state index is 14.0. The van der Waals surface area contributed by atoms with E-state index in [1.54, 1.807) is 13.0 Å². The van der Waals surface area contributed by atoms with Crippen molar-refractivity contribution >= 4 is 5.91 Å². The molecule has 2 saturated heterocycles. The van der Waals surface area contributed by atoms with Crippen LogP contribution in [0, 0.1) is 5.41 Å². The first-order chi connectivity index (χ1) is 11.6. The molecule has 1 N–H and O–H groups in total. The molecule has 0 aromatic rings. The number of allylic oxidation sites excluding steroid dienone is 3. The summed E-state index contributed by atoms with van der Waals surface area (Å²) in [4.78, 5) is 16.6. The van der Waals surface area contributed by atoms with Gasteiger partial charge in [0.05, 0.1) is 0 Å². The van der Waals surface area contributed by atoms with Gasteiger partial charge in [0.1, 0.15) is 5.83 Å². The largest absolute Gasteiger partial charge is 0.317 e. The van der Waals surface area contributed by atoms with Crippen molar-refractivity contribution in [3.05, 3.63) is 23.2 Å². The van der Waals surface area contributed by atoms with Gasteiger partial charge in [0.15, 0.2) is 0 Å². The normalized spacial score (nSPS) is 28.2. The molecule has 1 aliphatic carbocycles. The number of nitrogens with one attached hydrogen (secondary N) is 1. The molecule has 1 amide bonds. The van der Waals surface area contributed by atoms with Gasteiger partial charge in [0.25, 0.3) is 0 Å². The van der Waals surface area contributed by atoms with E-state index in [-0.39, 0.29) is 17.1 Å². The molecule has 3 aliphatic heterocycles. The van der Waals surface area contributed by atoms with Crippen molar-refractivity contribution in [2.45, 2.75) is 51.5 Å². The zero-order chi connectivity index (χ0) is 16.7. The van der Waals surface area contributed by atoms with E-state index in [0.29, 0.717) is 18.9 Å². The number of amides is 1. The van der Waals surface area contributed by atoms with Crippen molar-refractivity contribution in [1.82, 2.24) is 15.1 Å². The quantitative estimate of drug-likeness (QED) is 0.801. The maximum Gasteiger partial charge on any atom is 0.223 e. The molecule has 4 aliphatic rings. The minimum absolute atomic E-state index is 0.0117. The first kappa shape index (κ1) is 16.3. The summed E-state index contributed by atoms with van der Waals surface area (Å²) in [7, 11) is 0. The van der Waals surface area contributed by atoms with Gasteiger partial charge in [-0.25, -0.2) is 4.39 Å². The number of halogens is 1. The van der Waals surface area contributed by atoms with E-state index in [9.17, 15) is 9.18 Å². The lowest BCUT2D eigenvalue weighted by molar-refractivity contribution is -0.127. The van der Waals surface area contributed by atoms with Crippen LogP contribution in [0.3, 0.4) is 0 Å². The highest BCUT2D eigenvalue weighted by molar-refractivity contribution is 5.77. The molecule has 0 bridgehead atoms. The third kappa shape index (κ3) is 2.72. The molecule has 0 radical (unpaired) electrons. The molecule has 3 heterocycles. The summed E-state index contributed by atoms with van der Waals surface area (Å²) >= 11 is 0. The highest BCUT2D eigenvalue weighted by Crippen LogP contribution is 2.51. The van der Waals surface area contributed by atoms with Gasteiger partial charge in [-0.2, -0.15) is 0 Å². The number of hydrogen-bond acceptors (Lipinski definition) is 3. The minimum Gasteiger partial charge on any atom is -0.317 e. The molecule has 0 aromatic heterocycles. The Balaban J connectivity index is 1.53. The molecule has 1 spiro atoms. The average Bonchev–Trinajstić information content (AvgIpc) is 2.91. The van der Waals surface area contributed by atoms with Gasteiger partial charge >= 0.3 is 0 Å². The highest BCUT2D eigenvalue weighted by atomic mass is 19.1. The molecule has 4 rings (SSSR count). The van der Waals surface area contributed by atoms with Crippen LogP contribution >= 0.6 is 0 Å². The predicted octanol–water partition coefficient (Wildman–Crippen LogP) is 2.58. The number of likely N-dealkylation sites (tertiary alicyclic amines) is 1. The minimum atomic E-state index is -0.0145. The standard InChI is InChI=1S/C19H28FN3O/c1-14(24)23-13-19(17-12-15(20)2-3-18(17)23)6-10-22(11-7-19)16-4-8-21-9-5-16/h12,16,21H,2-11,13H2,1H3. The average molecular weight is 333 g/mol. The number of hydrogen-bond donors (Lipinski definition) is 1. The predicted molar refractivity (Wildman–Crippen MR) is 92.0 cm³/mol. The van der Waals surface area contributed by atoms with E-state index < -0.39 is 0 Å². The molecule has 0 unspecified atom stereocenters. The van der Waals surface area contributed by atoms with Gasteiger partial charge in [0.2, 0.25) is 5.91 Å². The van der Waals surface area contributed by atoms with Gasteiger partial charge in [-0.15, -0.1) is 0 Å². The number of carbonyl (C=O) groups is 1. The first-order valence-electron chi connectivity index (χ1n) is 9.42. The van der Waals surface area contributed by atoms with E-state index in [1.807, 2.05) is 4.90 Å². The highest BCUT2D eigenvalue weighted by Gasteiger charge is 2.48. The fourth-order valence-electron chi connectivity index (χ4n) is 5.13. The topological polar surface area (TPSA) is 35.6 Å². The zero-order valence-electron chi connectivity index (χ0n) is 14.6. The zero-order valence-corrected chi connectivity index (χ0v) is 14.6. The van der Waals surface area contributed by atoms with E-state index in [0.717, 1.165) is 56.8 Å². The van der Waals surface area contributed by atoms with Gasteiger partial charge in [-0.3, -0.25) is 4.79 Å². The summed E-state index contributed by atoms with van der Waals surface area (Å²) in [6, 6.07) is 0.695. The lowest BCUT2D eigenvalue weighted by atomic mass is 9.72. The Hall–Kier alpha value is -1.20. The van der Waals surface area contributed by atoms with Crippen LogP contribution in [0.15, 0.2) is 23.2 Å². The van der Waals surface area contributed by atoms with Crippen molar-refractivity contribution < 1.29 is 9.18 Å². The SMILES string of the molecule is CC(=O)N1CC2(CCN(C3CCNCC3)CC2)C2=C1CCC(F)=C2. The Morgan fingerprint density at radius 2 is 1.96 bits per heavy atom. The van der Waals surface area contributed by atoms with E-state index in [2.05, 4.69) is 10.2 Å². The monoisotopic (exact) mass is 333 g/mol. The Bertz CT molecular complexity index is 583. The number of rotatable bonds is 1. The van der Waals surface area contributed by atoms with Crippen LogP contribution in [-0.2, 0) is 4.79 Å². The van der Waals surface area contributed by atoms with Gasteiger partial charge in [-0.1, -0.05) is 0 Å². The number of nitrogens with zero attached hydrogens (tertiary/aromatic N) is 2. The summed E-state index contributed by atoms with van der Waals surface area (Å²) in [5, 5.41) is 3.44. The fraction of sp³-hybridized carbons (Fsp3) is 0.737. The van der Waals surface area contributed by atoms with Crippen LogP contribution in [0.25, 0.3) is 0 Å². The second kappa shape index (κ2) is 6.26. The molecule has 132 valence electrons. The maximum atomic E-state index is 14.0. The summed E-state index contributed by atoms with van der Waals surface area (Å²) in [6.07, 6.45) is 7.43. The third-order valence-electron chi connectivity index (χ3n) is 6.53. The summed E-state index contributed by atoms with van der Waals surface area (Å²) in [5.41, 5.74) is 2.22. The number of fused-ring (bicyclic) bond motifs is 1. The first-order valence-corrected chi connectivity index (χ1v) is 9.42. The second-order valence-electron chi connectivity index (χ2n) is 7.85. The molecule has 0 atom stereocenters. The molecule has 5 heteroatoms. The van der Waals surface area contributed by atoms with E-state index in [4.69, 9.17) is 0 Å². The van der Waals surface area contributed by atoms with Crippen molar-refractivity contribution in [1.29, 1.82) is 0 Å². The van der Waals surface area contributed by atoms with Crippen LogP contribution in [0.2, 0.25) is 0 Å². The number of carbonyl (C=O) groups excluding carboxylic acids is 1. The van der Waals surface area contributed by atoms with E-state index in [1.165, 1.54) is 12.8 Å². The molecular weight excluding hydrogens is 305 g/mol. The summed E-state index contributed by atoms with van der Waals surface area (Å²) in [6.45, 7) is 6.78. The van der Waals surface area contributed by atoms with Gasteiger partial charge < -0.3 is 15.1 Å². The molecule has 0 aromatic carbocycles. The number of piperidine rings is 2. The van der Waals surface area contributed by atoms with Crippen LogP contribution in [-0.4, -0.2) is 54.5 Å². The van der Waals surface area contributed by atoms with Crippen molar-refractivity contribution in [2.24, 2.45) is 5.41 Å². The van der Waals surface area contributed by atoms with Gasteiger partial charge in [-0.05, 0) is 69.9 Å². The van der Waals surface area contributed by atoms with Crippen molar-refractivity contribution in [3.63, 3.8) is 0 Å². The lowest BCUT2D eigenvalue weighted by Gasteiger charge is -2.44. The van der Waals surface area contributed by atoms with Gasteiger partial charge in [0, 0.05) is 37.0 Å². The Morgan fingerprint density at radius 3 is 2.62 bits per heavy atom. The molecule has 2 fully saturated rings.